The van der Waals surface area contributed by atoms with E-state index in [0.717, 1.165) is 42.9 Å². The van der Waals surface area contributed by atoms with Crippen molar-refractivity contribution in [3.05, 3.63) is 28.0 Å². The summed E-state index contributed by atoms with van der Waals surface area (Å²) in [6.07, 6.45) is 2.73. The summed E-state index contributed by atoms with van der Waals surface area (Å²) in [4.78, 5) is 15.3. The first-order chi connectivity index (χ1) is 10.6. The molecule has 0 aliphatic carbocycles. The van der Waals surface area contributed by atoms with Crippen molar-refractivity contribution >= 4 is 17.4 Å². The van der Waals surface area contributed by atoms with Crippen LogP contribution in [0.5, 0.6) is 0 Å². The van der Waals surface area contributed by atoms with Crippen LogP contribution in [0, 0.1) is 13.8 Å². The average Bonchev–Trinajstić information content (AvgIpc) is 3.18. The first kappa shape index (κ1) is 15.1. The van der Waals surface area contributed by atoms with E-state index in [1.807, 2.05) is 11.8 Å². The van der Waals surface area contributed by atoms with Crippen LogP contribution in [0.4, 0.5) is 0 Å². The molecule has 0 radical (unpaired) electrons. The molecule has 2 aromatic rings. The lowest BCUT2D eigenvalue weighted by Gasteiger charge is -2.17. The molecular formula is C15H21N5OS. The van der Waals surface area contributed by atoms with Gasteiger partial charge in [0.25, 0.3) is 5.91 Å². The predicted molar refractivity (Wildman–Crippen MR) is 85.2 cm³/mol. The van der Waals surface area contributed by atoms with Crippen LogP contribution in [-0.4, -0.2) is 43.3 Å². The maximum absolute atomic E-state index is 12.7. The van der Waals surface area contributed by atoms with Crippen LogP contribution in [0.3, 0.4) is 0 Å². The van der Waals surface area contributed by atoms with Crippen molar-refractivity contribution in [3.8, 4) is 0 Å². The van der Waals surface area contributed by atoms with Gasteiger partial charge < -0.3 is 4.90 Å². The quantitative estimate of drug-likeness (QED) is 0.868. The van der Waals surface area contributed by atoms with E-state index in [4.69, 9.17) is 0 Å². The average molecular weight is 319 g/mol. The molecular weight excluding hydrogens is 298 g/mol. The second kappa shape index (κ2) is 6.16. The molecule has 3 rings (SSSR count). The maximum Gasteiger partial charge on any atom is 0.267 e. The lowest BCUT2D eigenvalue weighted by atomic mass is 10.2. The summed E-state index contributed by atoms with van der Waals surface area (Å²) in [7, 11) is 0. The van der Waals surface area contributed by atoms with Gasteiger partial charge in [-0.25, -0.2) is 0 Å². The Kier molecular flexibility index (Phi) is 4.24. The van der Waals surface area contributed by atoms with Gasteiger partial charge in [-0.15, -0.1) is 5.10 Å². The molecule has 0 saturated carbocycles. The van der Waals surface area contributed by atoms with Crippen molar-refractivity contribution < 1.29 is 4.79 Å². The highest BCUT2D eigenvalue weighted by atomic mass is 32.1. The van der Waals surface area contributed by atoms with Crippen LogP contribution in [0.25, 0.3) is 0 Å². The minimum atomic E-state index is 0.0717. The minimum absolute atomic E-state index is 0.0717. The number of carbonyl (C=O) groups is 1. The minimum Gasteiger partial charge on any atom is -0.336 e. The molecule has 0 bridgehead atoms. The Morgan fingerprint density at radius 2 is 2.27 bits per heavy atom. The van der Waals surface area contributed by atoms with Gasteiger partial charge in [-0.3, -0.25) is 9.48 Å². The summed E-state index contributed by atoms with van der Waals surface area (Å²) in [5.74, 6) is 0.0717. The lowest BCUT2D eigenvalue weighted by Crippen LogP contribution is -2.29. The lowest BCUT2D eigenvalue weighted by molar-refractivity contribution is 0.0790. The van der Waals surface area contributed by atoms with E-state index >= 15 is 0 Å². The Labute approximate surface area is 134 Å². The summed E-state index contributed by atoms with van der Waals surface area (Å²) in [5, 5.41) is 8.65. The highest BCUT2D eigenvalue weighted by molar-refractivity contribution is 7.08. The summed E-state index contributed by atoms with van der Waals surface area (Å²) < 4.78 is 6.01. The van der Waals surface area contributed by atoms with Crippen LogP contribution < -0.4 is 0 Å². The second-order valence-corrected chi connectivity index (χ2v) is 6.62. The molecule has 7 heteroatoms. The molecule has 0 aromatic carbocycles. The fraction of sp³-hybridized carbons (Fsp3) is 0.600. The topological polar surface area (TPSA) is 63.9 Å². The van der Waals surface area contributed by atoms with Gasteiger partial charge in [-0.2, -0.15) is 5.10 Å². The monoisotopic (exact) mass is 319 g/mol. The van der Waals surface area contributed by atoms with Crippen LogP contribution in [0.1, 0.15) is 52.6 Å². The predicted octanol–water partition coefficient (Wildman–Crippen LogP) is 2.39. The number of hydrogen-bond donors (Lipinski definition) is 0. The van der Waals surface area contributed by atoms with E-state index in [1.165, 1.54) is 11.5 Å². The van der Waals surface area contributed by atoms with Gasteiger partial charge in [-0.1, -0.05) is 17.8 Å². The van der Waals surface area contributed by atoms with Crippen LogP contribution >= 0.6 is 11.5 Å². The highest BCUT2D eigenvalue weighted by Gasteiger charge is 2.31. The number of aromatic nitrogens is 4. The molecule has 1 saturated heterocycles. The van der Waals surface area contributed by atoms with Gasteiger partial charge in [0.1, 0.15) is 4.88 Å². The van der Waals surface area contributed by atoms with Crippen molar-refractivity contribution in [1.29, 1.82) is 0 Å². The summed E-state index contributed by atoms with van der Waals surface area (Å²) >= 11 is 1.21. The van der Waals surface area contributed by atoms with E-state index < -0.39 is 0 Å². The van der Waals surface area contributed by atoms with Gasteiger partial charge in [-0.05, 0) is 44.3 Å². The van der Waals surface area contributed by atoms with E-state index in [-0.39, 0.29) is 11.9 Å². The largest absolute Gasteiger partial charge is 0.336 e. The number of nitrogens with zero attached hydrogens (tertiary/aromatic N) is 5. The third kappa shape index (κ3) is 2.77. The van der Waals surface area contributed by atoms with Crippen molar-refractivity contribution in [1.82, 2.24) is 24.3 Å². The van der Waals surface area contributed by atoms with E-state index in [2.05, 4.69) is 39.3 Å². The Morgan fingerprint density at radius 1 is 1.45 bits per heavy atom. The fourth-order valence-corrected chi connectivity index (χ4v) is 3.73. The number of likely N-dealkylation sites (tertiary alicyclic amines) is 1. The third-order valence-electron chi connectivity index (χ3n) is 4.08. The normalized spacial score (nSPS) is 18.1. The molecule has 3 heterocycles. The van der Waals surface area contributed by atoms with Gasteiger partial charge in [0.05, 0.1) is 17.4 Å². The summed E-state index contributed by atoms with van der Waals surface area (Å²) in [6, 6.07) is 2.35. The van der Waals surface area contributed by atoms with Gasteiger partial charge in [0, 0.05) is 18.8 Å². The molecule has 6 nitrogen and oxygen atoms in total. The van der Waals surface area contributed by atoms with Gasteiger partial charge >= 0.3 is 0 Å². The zero-order chi connectivity index (χ0) is 15.7. The number of rotatable bonds is 4. The molecule has 0 N–H and O–H groups in total. The summed E-state index contributed by atoms with van der Waals surface area (Å²) in [6.45, 7) is 7.64. The number of aryl methyl sites for hydroxylation is 3. The van der Waals surface area contributed by atoms with E-state index in [0.29, 0.717) is 11.4 Å². The number of carbonyl (C=O) groups excluding carboxylic acids is 1. The standard InChI is InChI=1S/C15H21N5OS/c1-4-5-13-14(22-18-16-13)15(21)19-7-6-12(9-19)20-11(3)8-10(2)17-20/h8,12H,4-7,9H2,1-3H3. The molecule has 1 amide bonds. The molecule has 1 unspecified atom stereocenters. The Balaban J connectivity index is 1.73. The molecule has 1 atom stereocenters. The van der Waals surface area contributed by atoms with Crippen molar-refractivity contribution in [2.45, 2.75) is 46.1 Å². The van der Waals surface area contributed by atoms with Gasteiger partial charge in [0.15, 0.2) is 0 Å². The molecule has 1 aliphatic heterocycles. The molecule has 1 aliphatic rings. The highest BCUT2D eigenvalue weighted by Crippen LogP contribution is 2.26. The SMILES string of the molecule is CCCc1nnsc1C(=O)N1CCC(n2nc(C)cc2C)C1. The molecule has 22 heavy (non-hydrogen) atoms. The zero-order valence-corrected chi connectivity index (χ0v) is 14.1. The number of hydrogen-bond acceptors (Lipinski definition) is 5. The first-order valence-corrected chi connectivity index (χ1v) is 8.50. The van der Waals surface area contributed by atoms with Gasteiger partial charge in [0.2, 0.25) is 0 Å². The van der Waals surface area contributed by atoms with Crippen LogP contribution in [0.15, 0.2) is 6.07 Å². The molecule has 0 spiro atoms. The molecule has 2 aromatic heterocycles. The molecule has 1 fully saturated rings. The Hall–Kier alpha value is -1.76. The second-order valence-electron chi connectivity index (χ2n) is 5.86. The Morgan fingerprint density at radius 3 is 2.95 bits per heavy atom. The van der Waals surface area contributed by atoms with E-state index in [9.17, 15) is 4.79 Å². The maximum atomic E-state index is 12.7. The van der Waals surface area contributed by atoms with Crippen LogP contribution in [0.2, 0.25) is 0 Å². The molecule has 118 valence electrons. The van der Waals surface area contributed by atoms with Crippen LogP contribution in [-0.2, 0) is 6.42 Å². The van der Waals surface area contributed by atoms with Crippen molar-refractivity contribution in [2.24, 2.45) is 0 Å². The Bertz CT molecular complexity index is 677. The number of amides is 1. The zero-order valence-electron chi connectivity index (χ0n) is 13.2. The fourth-order valence-electron chi connectivity index (χ4n) is 3.06. The third-order valence-corrected chi connectivity index (χ3v) is 4.83. The van der Waals surface area contributed by atoms with E-state index in [1.54, 1.807) is 0 Å². The van der Waals surface area contributed by atoms with Crippen molar-refractivity contribution in [3.63, 3.8) is 0 Å². The summed E-state index contributed by atoms with van der Waals surface area (Å²) in [5.41, 5.74) is 3.02. The van der Waals surface area contributed by atoms with Crippen molar-refractivity contribution in [2.75, 3.05) is 13.1 Å². The smallest absolute Gasteiger partial charge is 0.267 e. The first-order valence-electron chi connectivity index (χ1n) is 7.73.